The lowest BCUT2D eigenvalue weighted by Crippen LogP contribution is -2.55. The number of carbonyl (C=O) groups is 1. The highest BCUT2D eigenvalue weighted by atomic mass is 16.6. The summed E-state index contributed by atoms with van der Waals surface area (Å²) in [4.78, 5) is 12.0. The van der Waals surface area contributed by atoms with E-state index in [1.54, 1.807) is 0 Å². The number of hydrazine groups is 4. The van der Waals surface area contributed by atoms with Gasteiger partial charge in [-0.3, -0.25) is 0 Å². The first-order valence-electron chi connectivity index (χ1n) is 13.7. The number of alkyl carbamates (subject to hydrolysis) is 1. The van der Waals surface area contributed by atoms with E-state index in [1.165, 1.54) is 83.5 Å². The van der Waals surface area contributed by atoms with E-state index in [1.807, 2.05) is 6.08 Å². The van der Waals surface area contributed by atoms with E-state index in [0.29, 0.717) is 25.9 Å². The number of nitrogens with one attached hydrogen (secondary N) is 6. The molecule has 0 spiro atoms. The van der Waals surface area contributed by atoms with Crippen LogP contribution in [0, 0.1) is 0 Å². The van der Waals surface area contributed by atoms with Crippen LogP contribution in [0.1, 0.15) is 109 Å². The molecule has 0 saturated carbocycles. The van der Waals surface area contributed by atoms with Gasteiger partial charge < -0.3 is 15.2 Å². The van der Waals surface area contributed by atoms with E-state index in [4.69, 9.17) is 9.84 Å². The van der Waals surface area contributed by atoms with Crippen molar-refractivity contribution in [3.63, 3.8) is 0 Å². The molecule has 1 rings (SSSR count). The van der Waals surface area contributed by atoms with Crippen LogP contribution in [-0.4, -0.2) is 43.5 Å². The second-order valence-corrected chi connectivity index (χ2v) is 9.16. The van der Waals surface area contributed by atoms with Crippen LogP contribution < -0.4 is 32.8 Å². The average Bonchev–Trinajstić information content (AvgIpc) is 2.83. The highest BCUT2D eigenvalue weighted by molar-refractivity contribution is 5.67. The minimum absolute atomic E-state index is 0.0634. The molecule has 9 heteroatoms. The zero-order valence-electron chi connectivity index (χ0n) is 21.3. The molecule has 1 aliphatic heterocycles. The fourth-order valence-electron chi connectivity index (χ4n) is 4.02. The van der Waals surface area contributed by atoms with Crippen molar-refractivity contribution < 1.29 is 14.6 Å². The molecule has 7 N–H and O–H groups in total. The summed E-state index contributed by atoms with van der Waals surface area (Å²) in [6.07, 6.45) is 23.9. The first kappa shape index (κ1) is 30.8. The zero-order valence-corrected chi connectivity index (χ0v) is 21.3. The lowest BCUT2D eigenvalue weighted by molar-refractivity contribution is 0.0918. The molecule has 9 nitrogen and oxygen atoms in total. The van der Waals surface area contributed by atoms with Gasteiger partial charge in [-0.05, 0) is 25.7 Å². The maximum atomic E-state index is 12.0. The molecule has 1 unspecified atom stereocenters. The quantitative estimate of drug-likeness (QED) is 0.237. The van der Waals surface area contributed by atoms with Gasteiger partial charge in [0.25, 0.3) is 0 Å². The van der Waals surface area contributed by atoms with Gasteiger partial charge in [-0.25, -0.2) is 15.6 Å². The van der Waals surface area contributed by atoms with Gasteiger partial charge in [-0.1, -0.05) is 89.2 Å². The standard InChI is InChI=1S/C25H52N6O3/c32-23-17-20-26-25(33)34-24-18-13-11-9-7-5-3-1-2-4-6-8-10-12-15-21-27-29-31-30-28-22-16-14-19-24/h14,16,24,27-32H,1-13,15,17-23H2,(H,26,33)/b16-14-. The molecule has 200 valence electrons. The Morgan fingerprint density at radius 2 is 1.38 bits per heavy atom. The molecule has 1 heterocycles. The van der Waals surface area contributed by atoms with Crippen LogP contribution >= 0.6 is 0 Å². The number of carbonyl (C=O) groups excluding carboxylic acids is 1. The van der Waals surface area contributed by atoms with Gasteiger partial charge in [0.2, 0.25) is 0 Å². The number of aliphatic hydroxyl groups is 1. The zero-order chi connectivity index (χ0) is 24.4. The Morgan fingerprint density at radius 1 is 0.794 bits per heavy atom. The minimum atomic E-state index is -0.394. The van der Waals surface area contributed by atoms with Crippen molar-refractivity contribution in [3.8, 4) is 0 Å². The summed E-state index contributed by atoms with van der Waals surface area (Å²) in [6, 6.07) is 0. The number of aliphatic hydroxyl groups excluding tert-OH is 1. The number of amides is 1. The predicted molar refractivity (Wildman–Crippen MR) is 138 cm³/mol. The fraction of sp³-hybridized carbons (Fsp3) is 0.880. The summed E-state index contributed by atoms with van der Waals surface area (Å²) in [5.41, 5.74) is 14.8. The molecule has 1 aliphatic rings. The molecule has 0 aromatic rings. The van der Waals surface area contributed by atoms with Crippen LogP contribution in [0.5, 0.6) is 0 Å². The number of rotatable bonds is 4. The van der Waals surface area contributed by atoms with Crippen LogP contribution in [0.3, 0.4) is 0 Å². The predicted octanol–water partition coefficient (Wildman–Crippen LogP) is 3.88. The molecule has 0 bridgehead atoms. The van der Waals surface area contributed by atoms with Crippen molar-refractivity contribution in [3.05, 3.63) is 12.2 Å². The van der Waals surface area contributed by atoms with Crippen molar-refractivity contribution in [2.75, 3.05) is 26.2 Å². The Labute approximate surface area is 207 Å². The minimum Gasteiger partial charge on any atom is -0.446 e. The Bertz CT molecular complexity index is 482. The summed E-state index contributed by atoms with van der Waals surface area (Å²) >= 11 is 0. The molecule has 1 amide bonds. The lowest BCUT2D eigenvalue weighted by Gasteiger charge is -2.17. The third-order valence-electron chi connectivity index (χ3n) is 6.04. The summed E-state index contributed by atoms with van der Waals surface area (Å²) < 4.78 is 5.63. The Balaban J connectivity index is 2.35. The topological polar surface area (TPSA) is 119 Å². The van der Waals surface area contributed by atoms with Gasteiger partial charge in [0.1, 0.15) is 6.10 Å². The van der Waals surface area contributed by atoms with Gasteiger partial charge in [-0.2, -0.15) is 16.6 Å². The fourth-order valence-corrected chi connectivity index (χ4v) is 4.02. The van der Waals surface area contributed by atoms with Gasteiger partial charge in [0, 0.05) is 32.7 Å². The van der Waals surface area contributed by atoms with E-state index >= 15 is 0 Å². The van der Waals surface area contributed by atoms with E-state index in [0.717, 1.165) is 19.4 Å². The Hall–Kier alpha value is -1.23. The van der Waals surface area contributed by atoms with Gasteiger partial charge >= 0.3 is 6.09 Å². The normalized spacial score (nSPS) is 23.5. The number of ether oxygens (including phenoxy) is 1. The van der Waals surface area contributed by atoms with Gasteiger partial charge in [0.05, 0.1) is 0 Å². The molecular weight excluding hydrogens is 432 g/mol. The van der Waals surface area contributed by atoms with Crippen molar-refractivity contribution in [1.29, 1.82) is 0 Å². The molecule has 0 aromatic heterocycles. The van der Waals surface area contributed by atoms with Crippen LogP contribution in [-0.2, 0) is 4.74 Å². The maximum Gasteiger partial charge on any atom is 0.407 e. The second-order valence-electron chi connectivity index (χ2n) is 9.16. The molecule has 0 saturated heterocycles. The van der Waals surface area contributed by atoms with Crippen LogP contribution in [0.25, 0.3) is 0 Å². The van der Waals surface area contributed by atoms with Crippen LogP contribution in [0.15, 0.2) is 12.2 Å². The molecule has 0 radical (unpaired) electrons. The highest BCUT2D eigenvalue weighted by Crippen LogP contribution is 2.15. The van der Waals surface area contributed by atoms with Crippen molar-refractivity contribution >= 4 is 6.09 Å². The van der Waals surface area contributed by atoms with Crippen LogP contribution in [0.4, 0.5) is 4.79 Å². The molecule has 0 aromatic carbocycles. The lowest BCUT2D eigenvalue weighted by atomic mass is 10.0. The molecule has 0 fully saturated rings. The van der Waals surface area contributed by atoms with Gasteiger partial charge in [-0.15, -0.1) is 0 Å². The molecular formula is C25H52N6O3. The Morgan fingerprint density at radius 3 is 2.03 bits per heavy atom. The van der Waals surface area contributed by atoms with Gasteiger partial charge in [0.15, 0.2) is 0 Å². The Kier molecular flexibility index (Phi) is 22.5. The smallest absolute Gasteiger partial charge is 0.407 e. The monoisotopic (exact) mass is 484 g/mol. The first-order chi connectivity index (χ1) is 16.8. The third-order valence-corrected chi connectivity index (χ3v) is 6.04. The van der Waals surface area contributed by atoms with E-state index in [-0.39, 0.29) is 12.7 Å². The largest absolute Gasteiger partial charge is 0.446 e. The van der Waals surface area contributed by atoms with E-state index in [9.17, 15) is 4.79 Å². The number of hydrogen-bond donors (Lipinski definition) is 7. The third kappa shape index (κ3) is 21.3. The van der Waals surface area contributed by atoms with E-state index < -0.39 is 6.09 Å². The van der Waals surface area contributed by atoms with Crippen molar-refractivity contribution in [2.45, 2.75) is 115 Å². The average molecular weight is 485 g/mol. The summed E-state index contributed by atoms with van der Waals surface area (Å²) in [5.74, 6) is 0. The molecule has 1 atom stereocenters. The molecule has 34 heavy (non-hydrogen) atoms. The highest BCUT2D eigenvalue weighted by Gasteiger charge is 2.12. The van der Waals surface area contributed by atoms with Crippen LogP contribution in [0.2, 0.25) is 0 Å². The first-order valence-corrected chi connectivity index (χ1v) is 13.7. The summed E-state index contributed by atoms with van der Waals surface area (Å²) in [5, 5.41) is 11.6. The summed E-state index contributed by atoms with van der Waals surface area (Å²) in [6.45, 7) is 2.07. The maximum absolute atomic E-state index is 12.0. The molecule has 0 aliphatic carbocycles. The van der Waals surface area contributed by atoms with Crippen molar-refractivity contribution in [1.82, 2.24) is 32.8 Å². The number of hydrogen-bond acceptors (Lipinski definition) is 8. The van der Waals surface area contributed by atoms with Crippen molar-refractivity contribution in [2.24, 2.45) is 0 Å². The summed E-state index contributed by atoms with van der Waals surface area (Å²) in [7, 11) is 0. The SMILES string of the molecule is O=C(NCCCO)OC1C/C=C\CNNNNNCCCCCCCCCCCCCCCC1. The second kappa shape index (κ2) is 24.9. The van der Waals surface area contributed by atoms with E-state index in [2.05, 4.69) is 38.8 Å².